The van der Waals surface area contributed by atoms with Gasteiger partial charge >= 0.3 is 0 Å². The van der Waals surface area contributed by atoms with E-state index in [1.54, 1.807) is 18.2 Å². The van der Waals surface area contributed by atoms with E-state index < -0.39 is 0 Å². The Morgan fingerprint density at radius 1 is 0.537 bits per heavy atom. The van der Waals surface area contributed by atoms with Crippen LogP contribution in [0.4, 0.5) is 0 Å². The largest absolute Gasteiger partial charge is 0.508 e. The highest BCUT2D eigenvalue weighted by Crippen LogP contribution is 2.45. The van der Waals surface area contributed by atoms with Crippen LogP contribution in [-0.4, -0.2) is 14.6 Å². The van der Waals surface area contributed by atoms with Crippen LogP contribution in [0.1, 0.15) is 16.7 Å². The van der Waals surface area contributed by atoms with Crippen LogP contribution in [-0.2, 0) is 0 Å². The fraction of sp³-hybridized carbons (Fsp3) is 0.0811. The molecule has 3 aromatic heterocycles. The molecule has 9 aromatic rings. The lowest BCUT2D eigenvalue weighted by molar-refractivity contribution is 0.474. The number of hydrogen-bond donors (Lipinski definition) is 2. The lowest BCUT2D eigenvalue weighted by Crippen LogP contribution is -1.90. The van der Waals surface area contributed by atoms with Gasteiger partial charge in [0.2, 0.25) is 0 Å². The van der Waals surface area contributed by atoms with Gasteiger partial charge in [-0.25, -0.2) is 0 Å². The van der Waals surface area contributed by atoms with Crippen LogP contribution in [0.3, 0.4) is 0 Å². The van der Waals surface area contributed by atoms with Gasteiger partial charge in [-0.1, -0.05) is 17.7 Å². The first kappa shape index (κ1) is 22.6. The molecule has 0 bridgehead atoms. The van der Waals surface area contributed by atoms with Gasteiger partial charge in [0.05, 0.1) is 16.6 Å². The number of phenols is 2. The Morgan fingerprint density at radius 2 is 1.15 bits per heavy atom. The summed E-state index contributed by atoms with van der Waals surface area (Å²) in [5, 5.41) is 29.4. The normalized spacial score (nSPS) is 12.5. The molecule has 6 aromatic carbocycles. The number of aryl methyl sites for hydroxylation is 3. The lowest BCUT2D eigenvalue weighted by Gasteiger charge is -2.12. The van der Waals surface area contributed by atoms with Crippen LogP contribution in [0.2, 0.25) is 0 Å². The molecule has 0 unspecified atom stereocenters. The number of aromatic nitrogens is 1. The SMILES string of the molecule is Cc1cc(C)c(-c2cc3c4ccc(O)cc4n4c5cc6cc7c(cc6cc5c(c2)c34)oc2cc(O)ccc27)c(C)c1. The van der Waals surface area contributed by atoms with Gasteiger partial charge in [-0.15, -0.1) is 0 Å². The smallest absolute Gasteiger partial charge is 0.139 e. The number of nitrogens with zero attached hydrogens (tertiary/aromatic N) is 1. The van der Waals surface area contributed by atoms with E-state index in [0.29, 0.717) is 5.58 Å². The van der Waals surface area contributed by atoms with Crippen molar-refractivity contribution in [1.29, 1.82) is 0 Å². The quantitative estimate of drug-likeness (QED) is 0.222. The second kappa shape index (κ2) is 7.49. The molecule has 0 saturated heterocycles. The van der Waals surface area contributed by atoms with Crippen LogP contribution < -0.4 is 0 Å². The molecule has 196 valence electrons. The predicted molar refractivity (Wildman–Crippen MR) is 169 cm³/mol. The number of phenolic OH excluding ortho intramolecular Hbond substituents is 2. The van der Waals surface area contributed by atoms with E-state index in [0.717, 1.165) is 43.5 Å². The Kier molecular flexibility index (Phi) is 4.13. The number of aromatic hydroxyl groups is 2. The van der Waals surface area contributed by atoms with E-state index in [1.807, 2.05) is 18.2 Å². The fourth-order valence-electron chi connectivity index (χ4n) is 7.32. The highest BCUT2D eigenvalue weighted by Gasteiger charge is 2.21. The average molecular weight is 532 g/mol. The molecule has 2 N–H and O–H groups in total. The summed E-state index contributed by atoms with van der Waals surface area (Å²) in [6.07, 6.45) is 0. The van der Waals surface area contributed by atoms with Crippen molar-refractivity contribution in [3.8, 4) is 22.6 Å². The molecule has 0 spiro atoms. The summed E-state index contributed by atoms with van der Waals surface area (Å²) in [6.45, 7) is 6.54. The van der Waals surface area contributed by atoms with Gasteiger partial charge in [0.25, 0.3) is 0 Å². The monoisotopic (exact) mass is 531 g/mol. The van der Waals surface area contributed by atoms with E-state index in [1.165, 1.54) is 49.5 Å². The van der Waals surface area contributed by atoms with Crippen molar-refractivity contribution in [2.45, 2.75) is 20.8 Å². The summed E-state index contributed by atoms with van der Waals surface area (Å²) in [7, 11) is 0. The van der Waals surface area contributed by atoms with Crippen molar-refractivity contribution >= 4 is 70.8 Å². The van der Waals surface area contributed by atoms with Crippen molar-refractivity contribution in [2.24, 2.45) is 0 Å². The fourth-order valence-corrected chi connectivity index (χ4v) is 7.32. The van der Waals surface area contributed by atoms with Gasteiger partial charge in [0, 0.05) is 44.5 Å². The third-order valence-electron chi connectivity index (χ3n) is 8.87. The van der Waals surface area contributed by atoms with E-state index in [-0.39, 0.29) is 11.5 Å². The first-order valence-electron chi connectivity index (χ1n) is 13.9. The lowest BCUT2D eigenvalue weighted by atomic mass is 9.91. The molecule has 0 amide bonds. The maximum absolute atomic E-state index is 10.5. The first-order chi connectivity index (χ1) is 19.8. The predicted octanol–water partition coefficient (Wildman–Crippen LogP) is 9.89. The molecule has 9 rings (SSSR count). The van der Waals surface area contributed by atoms with Crippen LogP contribution in [0.15, 0.2) is 89.3 Å². The summed E-state index contributed by atoms with van der Waals surface area (Å²) in [4.78, 5) is 0. The standard InChI is InChI=1S/C37H25NO3/c1-18-8-19(2)36(20(3)9-18)23-12-30-26-6-4-24(39)16-33(26)38-32-14-21-11-29-27-7-5-25(40)17-35(27)41-34(29)15-22(21)10-28(32)31(13-23)37(30)38/h4-17,39-40H,1-3H3. The molecule has 4 heteroatoms. The van der Waals surface area contributed by atoms with Crippen LogP contribution in [0.5, 0.6) is 11.5 Å². The summed E-state index contributed by atoms with van der Waals surface area (Å²) in [6, 6.07) is 29.0. The number of rotatable bonds is 1. The topological polar surface area (TPSA) is 58.0 Å². The van der Waals surface area contributed by atoms with Gasteiger partial charge in [0.1, 0.15) is 22.7 Å². The van der Waals surface area contributed by atoms with Gasteiger partial charge in [0.15, 0.2) is 0 Å². The number of fused-ring (bicyclic) bond motifs is 10. The molecule has 0 atom stereocenters. The zero-order valence-corrected chi connectivity index (χ0v) is 22.8. The van der Waals surface area contributed by atoms with E-state index >= 15 is 0 Å². The van der Waals surface area contributed by atoms with Crippen molar-refractivity contribution in [1.82, 2.24) is 4.40 Å². The summed E-state index contributed by atoms with van der Waals surface area (Å²) in [5.41, 5.74) is 11.0. The maximum Gasteiger partial charge on any atom is 0.139 e. The molecule has 0 radical (unpaired) electrons. The minimum Gasteiger partial charge on any atom is -0.508 e. The third kappa shape index (κ3) is 2.94. The van der Waals surface area contributed by atoms with Crippen molar-refractivity contribution in [2.75, 3.05) is 0 Å². The summed E-state index contributed by atoms with van der Waals surface area (Å²) < 4.78 is 8.46. The molecular weight excluding hydrogens is 506 g/mol. The zero-order chi connectivity index (χ0) is 27.7. The Morgan fingerprint density at radius 3 is 1.93 bits per heavy atom. The Labute approximate surface area is 234 Å². The minimum atomic E-state index is 0.193. The number of hydrogen-bond acceptors (Lipinski definition) is 3. The van der Waals surface area contributed by atoms with Crippen LogP contribution >= 0.6 is 0 Å². The molecule has 3 heterocycles. The maximum atomic E-state index is 10.5. The number of benzene rings is 6. The molecule has 0 saturated carbocycles. The minimum absolute atomic E-state index is 0.193. The van der Waals surface area contributed by atoms with Gasteiger partial charge in [-0.3, -0.25) is 0 Å². The van der Waals surface area contributed by atoms with Crippen molar-refractivity contribution < 1.29 is 14.6 Å². The second-order valence-electron chi connectivity index (χ2n) is 11.6. The Bertz CT molecular complexity index is 2560. The highest BCUT2D eigenvalue weighted by atomic mass is 16.3. The van der Waals surface area contributed by atoms with E-state index in [2.05, 4.69) is 73.7 Å². The molecule has 0 aliphatic heterocycles. The average Bonchev–Trinajstić information content (AvgIpc) is 3.54. The molecule has 0 aliphatic carbocycles. The molecule has 0 aliphatic rings. The number of furan rings is 1. The molecule has 0 fully saturated rings. The zero-order valence-electron chi connectivity index (χ0n) is 22.8. The van der Waals surface area contributed by atoms with Crippen molar-refractivity contribution in [3.63, 3.8) is 0 Å². The van der Waals surface area contributed by atoms with Crippen LogP contribution in [0.25, 0.3) is 81.9 Å². The van der Waals surface area contributed by atoms with Gasteiger partial charge in [-0.05, 0) is 114 Å². The molecular formula is C37H25NO3. The first-order valence-corrected chi connectivity index (χ1v) is 13.9. The summed E-state index contributed by atoms with van der Waals surface area (Å²) in [5.74, 6) is 0.450. The van der Waals surface area contributed by atoms with Gasteiger partial charge in [-0.2, -0.15) is 0 Å². The third-order valence-corrected chi connectivity index (χ3v) is 8.87. The van der Waals surface area contributed by atoms with Gasteiger partial charge < -0.3 is 19.0 Å². The molecule has 41 heavy (non-hydrogen) atoms. The Balaban J connectivity index is 1.46. The Hall–Kier alpha value is -5.22. The highest BCUT2D eigenvalue weighted by molar-refractivity contribution is 6.26. The van der Waals surface area contributed by atoms with E-state index in [4.69, 9.17) is 4.42 Å². The van der Waals surface area contributed by atoms with Crippen molar-refractivity contribution in [3.05, 3.63) is 102 Å². The van der Waals surface area contributed by atoms with Crippen LogP contribution in [0, 0.1) is 20.8 Å². The summed E-state index contributed by atoms with van der Waals surface area (Å²) >= 11 is 0. The second-order valence-corrected chi connectivity index (χ2v) is 11.6. The molecule has 4 nitrogen and oxygen atoms in total. The van der Waals surface area contributed by atoms with E-state index in [9.17, 15) is 10.2 Å².